The highest BCUT2D eigenvalue weighted by atomic mass is 79.9. The molecule has 0 fully saturated rings. The molecule has 0 saturated heterocycles. The third kappa shape index (κ3) is 3.66. The summed E-state index contributed by atoms with van der Waals surface area (Å²) in [4.78, 5) is 11.3. The number of carboxylic acids is 1. The predicted molar refractivity (Wildman–Crippen MR) is 83.3 cm³/mol. The van der Waals surface area contributed by atoms with E-state index in [1.165, 1.54) is 0 Å². The van der Waals surface area contributed by atoms with E-state index in [4.69, 9.17) is 4.74 Å². The van der Waals surface area contributed by atoms with Crippen molar-refractivity contribution in [3.8, 4) is 5.75 Å². The van der Waals surface area contributed by atoms with Gasteiger partial charge in [-0.05, 0) is 53.4 Å². The Morgan fingerprint density at radius 1 is 1.43 bits per heavy atom. The Kier molecular flexibility index (Phi) is 5.42. The Hall–Kier alpha value is -1.33. The molecule has 3 unspecified atom stereocenters. The molecule has 4 nitrogen and oxygen atoms in total. The molecule has 0 aliphatic heterocycles. The monoisotopic (exact) mass is 354 g/mol. The van der Waals surface area contributed by atoms with E-state index in [0.717, 1.165) is 4.47 Å². The van der Waals surface area contributed by atoms with Gasteiger partial charge in [-0.3, -0.25) is 4.79 Å². The van der Waals surface area contributed by atoms with Crippen molar-refractivity contribution >= 4 is 21.9 Å². The highest BCUT2D eigenvalue weighted by Gasteiger charge is 2.34. The van der Waals surface area contributed by atoms with Crippen LogP contribution >= 0.6 is 15.9 Å². The summed E-state index contributed by atoms with van der Waals surface area (Å²) in [6, 6.07) is 5.38. The van der Waals surface area contributed by atoms with Gasteiger partial charge in [0.1, 0.15) is 5.75 Å². The van der Waals surface area contributed by atoms with Gasteiger partial charge in [0.05, 0.1) is 23.1 Å². The number of rotatable bonds is 5. The standard InChI is InChI=1S/C16H19BrO4/c1-2-21-14-8-7-10(9-13(14)17)15(18)11-5-3-4-6-12(11)16(19)20/h3-4,7-9,11-12,15,18H,2,5-6H2,1H3,(H,19,20). The van der Waals surface area contributed by atoms with E-state index >= 15 is 0 Å². The number of carbonyl (C=O) groups is 1. The molecule has 0 saturated carbocycles. The van der Waals surface area contributed by atoms with E-state index in [0.29, 0.717) is 30.8 Å². The molecule has 0 aromatic heterocycles. The van der Waals surface area contributed by atoms with Crippen molar-refractivity contribution < 1.29 is 19.7 Å². The molecule has 0 heterocycles. The van der Waals surface area contributed by atoms with Gasteiger partial charge in [-0.25, -0.2) is 0 Å². The first-order valence-corrected chi connectivity index (χ1v) is 7.82. The molecule has 0 spiro atoms. The van der Waals surface area contributed by atoms with Crippen molar-refractivity contribution in [2.24, 2.45) is 11.8 Å². The first-order valence-electron chi connectivity index (χ1n) is 7.02. The van der Waals surface area contributed by atoms with Crippen LogP contribution in [0, 0.1) is 11.8 Å². The summed E-state index contributed by atoms with van der Waals surface area (Å²) < 4.78 is 6.21. The number of hydrogen-bond donors (Lipinski definition) is 2. The van der Waals surface area contributed by atoms with Crippen LogP contribution in [-0.2, 0) is 4.79 Å². The van der Waals surface area contributed by atoms with E-state index in [1.54, 1.807) is 18.2 Å². The largest absolute Gasteiger partial charge is 0.493 e. The second-order valence-corrected chi connectivity index (χ2v) is 5.97. The highest BCUT2D eigenvalue weighted by molar-refractivity contribution is 9.10. The number of aliphatic hydroxyl groups excluding tert-OH is 1. The lowest BCUT2D eigenvalue weighted by Gasteiger charge is -2.30. The Labute approximate surface area is 132 Å². The second-order valence-electron chi connectivity index (χ2n) is 5.12. The fourth-order valence-corrected chi connectivity index (χ4v) is 3.20. The first-order chi connectivity index (χ1) is 10.0. The summed E-state index contributed by atoms with van der Waals surface area (Å²) in [6.45, 7) is 2.47. The van der Waals surface area contributed by atoms with Crippen LogP contribution in [0.15, 0.2) is 34.8 Å². The Balaban J connectivity index is 2.22. The smallest absolute Gasteiger partial charge is 0.307 e. The Morgan fingerprint density at radius 2 is 2.14 bits per heavy atom. The number of aliphatic carboxylic acids is 1. The lowest BCUT2D eigenvalue weighted by Crippen LogP contribution is -2.29. The van der Waals surface area contributed by atoms with Crippen LogP contribution in [0.25, 0.3) is 0 Å². The minimum Gasteiger partial charge on any atom is -0.493 e. The van der Waals surface area contributed by atoms with Crippen LogP contribution in [-0.4, -0.2) is 22.8 Å². The lowest BCUT2D eigenvalue weighted by molar-refractivity contribution is -0.145. The zero-order valence-corrected chi connectivity index (χ0v) is 13.4. The average Bonchev–Trinajstić information content (AvgIpc) is 2.48. The maximum atomic E-state index is 11.3. The van der Waals surface area contributed by atoms with Gasteiger partial charge in [-0.1, -0.05) is 18.2 Å². The molecular weight excluding hydrogens is 336 g/mol. The number of allylic oxidation sites excluding steroid dienone is 2. The van der Waals surface area contributed by atoms with Gasteiger partial charge in [0.2, 0.25) is 0 Å². The molecule has 1 aromatic rings. The van der Waals surface area contributed by atoms with E-state index in [2.05, 4.69) is 15.9 Å². The number of carboxylic acid groups (broad SMARTS) is 1. The first kappa shape index (κ1) is 16.0. The quantitative estimate of drug-likeness (QED) is 0.793. The third-order valence-corrected chi connectivity index (χ3v) is 4.42. The van der Waals surface area contributed by atoms with E-state index in [9.17, 15) is 15.0 Å². The van der Waals surface area contributed by atoms with Gasteiger partial charge < -0.3 is 14.9 Å². The Bertz CT molecular complexity index is 541. The molecule has 0 radical (unpaired) electrons. The van der Waals surface area contributed by atoms with Gasteiger partial charge in [0.25, 0.3) is 0 Å². The van der Waals surface area contributed by atoms with Crippen molar-refractivity contribution in [1.82, 2.24) is 0 Å². The summed E-state index contributed by atoms with van der Waals surface area (Å²) in [7, 11) is 0. The SMILES string of the molecule is CCOc1ccc(C(O)C2CC=CCC2C(=O)O)cc1Br. The van der Waals surface area contributed by atoms with Crippen molar-refractivity contribution in [3.63, 3.8) is 0 Å². The van der Waals surface area contributed by atoms with Crippen molar-refractivity contribution in [3.05, 3.63) is 40.4 Å². The fraction of sp³-hybridized carbons (Fsp3) is 0.438. The average molecular weight is 355 g/mol. The summed E-state index contributed by atoms with van der Waals surface area (Å²) in [5.74, 6) is -0.993. The second kappa shape index (κ2) is 7.09. The number of halogens is 1. The fourth-order valence-electron chi connectivity index (χ4n) is 2.69. The van der Waals surface area contributed by atoms with Crippen LogP contribution in [0.1, 0.15) is 31.4 Å². The maximum Gasteiger partial charge on any atom is 0.307 e. The van der Waals surface area contributed by atoms with Crippen molar-refractivity contribution in [2.75, 3.05) is 6.61 Å². The Morgan fingerprint density at radius 3 is 2.76 bits per heavy atom. The third-order valence-electron chi connectivity index (χ3n) is 3.80. The molecule has 3 atom stereocenters. The topological polar surface area (TPSA) is 66.8 Å². The summed E-state index contributed by atoms with van der Waals surface area (Å²) in [5.41, 5.74) is 0.705. The number of benzene rings is 1. The molecule has 1 aliphatic rings. The zero-order valence-electron chi connectivity index (χ0n) is 11.8. The van der Waals surface area contributed by atoms with Crippen LogP contribution < -0.4 is 4.74 Å². The molecule has 2 rings (SSSR count). The number of hydrogen-bond acceptors (Lipinski definition) is 3. The molecule has 5 heteroatoms. The van der Waals surface area contributed by atoms with Crippen LogP contribution in [0.4, 0.5) is 0 Å². The molecular formula is C16H19BrO4. The van der Waals surface area contributed by atoms with Gasteiger partial charge in [-0.15, -0.1) is 0 Å². The number of aliphatic hydroxyl groups is 1. The van der Waals surface area contributed by atoms with Crippen molar-refractivity contribution in [2.45, 2.75) is 25.9 Å². The normalized spacial score (nSPS) is 22.8. The summed E-state index contributed by atoms with van der Waals surface area (Å²) >= 11 is 3.42. The van der Waals surface area contributed by atoms with E-state index in [1.807, 2.05) is 19.1 Å². The lowest BCUT2D eigenvalue weighted by atomic mass is 9.77. The van der Waals surface area contributed by atoms with Crippen LogP contribution in [0.3, 0.4) is 0 Å². The van der Waals surface area contributed by atoms with E-state index in [-0.39, 0.29) is 5.92 Å². The maximum absolute atomic E-state index is 11.3. The summed E-state index contributed by atoms with van der Waals surface area (Å²) in [5, 5.41) is 19.8. The van der Waals surface area contributed by atoms with Gasteiger partial charge >= 0.3 is 5.97 Å². The van der Waals surface area contributed by atoms with Gasteiger partial charge in [0, 0.05) is 5.92 Å². The molecule has 21 heavy (non-hydrogen) atoms. The zero-order chi connectivity index (χ0) is 15.4. The highest BCUT2D eigenvalue weighted by Crippen LogP contribution is 2.38. The molecule has 0 bridgehead atoms. The predicted octanol–water partition coefficient (Wildman–Crippen LogP) is 3.55. The van der Waals surface area contributed by atoms with Gasteiger partial charge in [-0.2, -0.15) is 0 Å². The van der Waals surface area contributed by atoms with Crippen molar-refractivity contribution in [1.29, 1.82) is 0 Å². The van der Waals surface area contributed by atoms with E-state index < -0.39 is 18.0 Å². The minimum absolute atomic E-state index is 0.308. The minimum atomic E-state index is -0.853. The molecule has 0 amide bonds. The van der Waals surface area contributed by atoms with Crippen LogP contribution in [0.5, 0.6) is 5.75 Å². The molecule has 114 valence electrons. The molecule has 1 aliphatic carbocycles. The van der Waals surface area contributed by atoms with Gasteiger partial charge in [0.15, 0.2) is 0 Å². The number of ether oxygens (including phenoxy) is 1. The van der Waals surface area contributed by atoms with Crippen LogP contribution in [0.2, 0.25) is 0 Å². The molecule has 1 aromatic carbocycles. The molecule has 2 N–H and O–H groups in total. The summed E-state index contributed by atoms with van der Waals surface area (Å²) in [6.07, 6.45) is 4.05.